The van der Waals surface area contributed by atoms with Crippen LogP contribution in [0.15, 0.2) is 54.7 Å². The second kappa shape index (κ2) is 11.6. The number of methoxy groups -OCH3 is 1. The average Bonchev–Trinajstić information content (AvgIpc) is 3.00. The molecule has 0 saturated carbocycles. The highest BCUT2D eigenvalue weighted by Gasteiger charge is 2.47. The Bertz CT molecular complexity index is 1340. The summed E-state index contributed by atoms with van der Waals surface area (Å²) in [5.74, 6) is -4.62. The molecule has 1 aliphatic rings. The van der Waals surface area contributed by atoms with Gasteiger partial charge in [-0.2, -0.15) is 13.8 Å². The molecule has 1 aromatic heterocycles. The van der Waals surface area contributed by atoms with Crippen LogP contribution in [0.1, 0.15) is 16.8 Å². The van der Waals surface area contributed by atoms with Crippen LogP contribution in [0.3, 0.4) is 0 Å². The van der Waals surface area contributed by atoms with Crippen molar-refractivity contribution in [2.45, 2.75) is 12.3 Å². The van der Waals surface area contributed by atoms with Gasteiger partial charge in [-0.25, -0.2) is 4.98 Å². The summed E-state index contributed by atoms with van der Waals surface area (Å²) in [6.07, 6.45) is 2.14. The van der Waals surface area contributed by atoms with Crippen LogP contribution in [0.25, 0.3) is 0 Å². The summed E-state index contributed by atoms with van der Waals surface area (Å²) < 4.78 is 35.2. The molecule has 0 aliphatic carbocycles. The third-order valence-electron chi connectivity index (χ3n) is 6.19. The van der Waals surface area contributed by atoms with E-state index in [1.807, 2.05) is 19.0 Å². The second-order valence-corrected chi connectivity index (χ2v) is 9.35. The van der Waals surface area contributed by atoms with Crippen molar-refractivity contribution in [1.82, 2.24) is 20.2 Å². The Hall–Kier alpha value is -4.32. The number of aromatic nitrogens is 2. The van der Waals surface area contributed by atoms with Gasteiger partial charge in [-0.3, -0.25) is 9.59 Å². The minimum absolute atomic E-state index is 0.0972. The molecule has 12 heteroatoms. The number of benzene rings is 2. The molecule has 0 saturated heterocycles. The molecule has 2 amide bonds. The zero-order valence-electron chi connectivity index (χ0n) is 22.2. The first kappa shape index (κ1) is 27.7. The molecular formula is C27H31F2N7O3. The minimum Gasteiger partial charge on any atom is -0.495 e. The van der Waals surface area contributed by atoms with Crippen LogP contribution in [0.2, 0.25) is 0 Å². The van der Waals surface area contributed by atoms with Gasteiger partial charge in [-0.05, 0) is 57.4 Å². The van der Waals surface area contributed by atoms with Crippen molar-refractivity contribution < 1.29 is 23.1 Å². The molecule has 10 nitrogen and oxygen atoms in total. The van der Waals surface area contributed by atoms with Crippen molar-refractivity contribution in [3.05, 3.63) is 60.3 Å². The number of nitrogens with zero attached hydrogens (tertiary/aromatic N) is 5. The largest absolute Gasteiger partial charge is 0.495 e. The molecule has 0 unspecified atom stereocenters. The molecule has 3 aromatic rings. The molecule has 206 valence electrons. The number of para-hydroxylation sites is 1. The third kappa shape index (κ3) is 6.23. The van der Waals surface area contributed by atoms with Crippen molar-refractivity contribution in [2.75, 3.05) is 63.0 Å². The zero-order valence-corrected chi connectivity index (χ0v) is 22.2. The molecule has 4 rings (SSSR count). The number of amides is 2. The van der Waals surface area contributed by atoms with E-state index >= 15 is 0 Å². The van der Waals surface area contributed by atoms with E-state index in [2.05, 4.69) is 20.6 Å². The Morgan fingerprint density at radius 2 is 1.92 bits per heavy atom. The zero-order chi connectivity index (χ0) is 28.2. The van der Waals surface area contributed by atoms with E-state index in [0.29, 0.717) is 29.2 Å². The maximum absolute atomic E-state index is 14.8. The number of hydrogen-bond donors (Lipinski definition) is 2. The maximum atomic E-state index is 14.8. The van der Waals surface area contributed by atoms with E-state index in [9.17, 15) is 18.4 Å². The number of hydrogen-bond acceptors (Lipinski definition) is 8. The SMILES string of the molecule is COc1cc(C(=O)NCCCN(C)C)ccc1Nc1ncc2c(n1)N(c1ccccc1)CC(F)(F)C(=O)N2C. The van der Waals surface area contributed by atoms with E-state index < -0.39 is 18.4 Å². The van der Waals surface area contributed by atoms with Crippen molar-refractivity contribution >= 4 is 40.6 Å². The standard InChI is InChI=1S/C27H31F2N7O3/c1-34(2)14-8-13-30-24(37)18-11-12-20(22(15-18)39-4)32-26-31-16-21-23(33-26)36(19-9-6-5-7-10-19)17-27(28,29)25(38)35(21)3/h5-7,9-12,15-16H,8,13-14,17H2,1-4H3,(H,30,37)(H,31,32,33). The Labute approximate surface area is 225 Å². The van der Waals surface area contributed by atoms with Gasteiger partial charge in [-0.15, -0.1) is 0 Å². The summed E-state index contributed by atoms with van der Waals surface area (Å²) >= 11 is 0. The summed E-state index contributed by atoms with van der Waals surface area (Å²) in [7, 11) is 6.68. The summed E-state index contributed by atoms with van der Waals surface area (Å²) in [5.41, 5.74) is 1.48. The predicted molar refractivity (Wildman–Crippen MR) is 146 cm³/mol. The fourth-order valence-corrected chi connectivity index (χ4v) is 4.13. The second-order valence-electron chi connectivity index (χ2n) is 9.35. The normalized spacial score (nSPS) is 14.6. The molecule has 0 atom stereocenters. The topological polar surface area (TPSA) is 103 Å². The highest BCUT2D eigenvalue weighted by molar-refractivity contribution is 6.02. The van der Waals surface area contributed by atoms with Crippen molar-refractivity contribution in [2.24, 2.45) is 0 Å². The smallest absolute Gasteiger partial charge is 0.342 e. The van der Waals surface area contributed by atoms with Crippen LogP contribution >= 0.6 is 0 Å². The average molecular weight is 540 g/mol. The molecule has 39 heavy (non-hydrogen) atoms. The van der Waals surface area contributed by atoms with Crippen LogP contribution < -0.4 is 25.2 Å². The van der Waals surface area contributed by atoms with Gasteiger partial charge in [0.2, 0.25) is 5.95 Å². The first-order valence-electron chi connectivity index (χ1n) is 12.3. The monoisotopic (exact) mass is 539 g/mol. The number of carbonyl (C=O) groups excluding carboxylic acids is 2. The number of anilines is 5. The summed E-state index contributed by atoms with van der Waals surface area (Å²) in [6.45, 7) is 0.512. The number of alkyl halides is 2. The van der Waals surface area contributed by atoms with Crippen LogP contribution in [0.5, 0.6) is 5.75 Å². The quantitative estimate of drug-likeness (QED) is 0.397. The highest BCUT2D eigenvalue weighted by Crippen LogP contribution is 2.40. The van der Waals surface area contributed by atoms with Crippen LogP contribution in [0.4, 0.5) is 37.6 Å². The Kier molecular flexibility index (Phi) is 8.24. The number of nitrogens with one attached hydrogen (secondary N) is 2. The summed E-state index contributed by atoms with van der Waals surface area (Å²) in [4.78, 5) is 38.0. The van der Waals surface area contributed by atoms with Crippen LogP contribution in [0, 0.1) is 0 Å². The molecule has 2 N–H and O–H groups in total. The molecule has 2 aromatic carbocycles. The van der Waals surface area contributed by atoms with Crippen LogP contribution in [-0.4, -0.2) is 80.5 Å². The lowest BCUT2D eigenvalue weighted by molar-refractivity contribution is -0.140. The van der Waals surface area contributed by atoms with Gasteiger partial charge in [0.1, 0.15) is 11.4 Å². The van der Waals surface area contributed by atoms with E-state index in [1.54, 1.807) is 48.5 Å². The van der Waals surface area contributed by atoms with Crippen molar-refractivity contribution in [3.63, 3.8) is 0 Å². The molecular weight excluding hydrogens is 508 g/mol. The fraction of sp³-hybridized carbons (Fsp3) is 0.333. The number of halogens is 2. The molecule has 1 aliphatic heterocycles. The van der Waals surface area contributed by atoms with Gasteiger partial charge < -0.3 is 30.1 Å². The third-order valence-corrected chi connectivity index (χ3v) is 6.19. The molecule has 0 spiro atoms. The Morgan fingerprint density at radius 3 is 2.62 bits per heavy atom. The fourth-order valence-electron chi connectivity index (χ4n) is 4.13. The van der Waals surface area contributed by atoms with Gasteiger partial charge >= 0.3 is 5.92 Å². The summed E-state index contributed by atoms with van der Waals surface area (Å²) in [6, 6.07) is 13.4. The first-order chi connectivity index (χ1) is 18.6. The van der Waals surface area contributed by atoms with E-state index in [4.69, 9.17) is 4.74 Å². The van der Waals surface area contributed by atoms with Crippen molar-refractivity contribution in [3.8, 4) is 5.75 Å². The molecule has 0 bridgehead atoms. The first-order valence-corrected chi connectivity index (χ1v) is 12.3. The highest BCUT2D eigenvalue weighted by atomic mass is 19.3. The van der Waals surface area contributed by atoms with E-state index in [1.165, 1.54) is 25.3 Å². The molecule has 0 fully saturated rings. The number of rotatable bonds is 9. The summed E-state index contributed by atoms with van der Waals surface area (Å²) in [5, 5.41) is 5.93. The van der Waals surface area contributed by atoms with E-state index in [-0.39, 0.29) is 23.4 Å². The Balaban J connectivity index is 1.62. The van der Waals surface area contributed by atoms with Gasteiger partial charge in [0.15, 0.2) is 5.82 Å². The lowest BCUT2D eigenvalue weighted by Crippen LogP contribution is -2.45. The van der Waals surface area contributed by atoms with E-state index in [0.717, 1.165) is 17.9 Å². The van der Waals surface area contributed by atoms with Gasteiger partial charge in [0.05, 0.1) is 25.5 Å². The van der Waals surface area contributed by atoms with Gasteiger partial charge in [-0.1, -0.05) is 18.2 Å². The van der Waals surface area contributed by atoms with Crippen LogP contribution in [-0.2, 0) is 4.79 Å². The lowest BCUT2D eigenvalue weighted by atomic mass is 10.1. The minimum atomic E-state index is -3.65. The number of fused-ring (bicyclic) bond motifs is 1. The molecule has 0 radical (unpaired) electrons. The van der Waals surface area contributed by atoms with Gasteiger partial charge in [0.25, 0.3) is 11.8 Å². The lowest BCUT2D eigenvalue weighted by Gasteiger charge is -2.25. The number of ether oxygens (including phenoxy) is 1. The Morgan fingerprint density at radius 1 is 1.18 bits per heavy atom. The molecule has 2 heterocycles. The predicted octanol–water partition coefficient (Wildman–Crippen LogP) is 3.66. The maximum Gasteiger partial charge on any atom is 0.342 e. The van der Waals surface area contributed by atoms with Gasteiger partial charge in [0, 0.05) is 24.8 Å². The number of carbonyl (C=O) groups is 2. The van der Waals surface area contributed by atoms with Crippen molar-refractivity contribution in [1.29, 1.82) is 0 Å².